The number of aromatic amines is 1. The van der Waals surface area contributed by atoms with Gasteiger partial charge in [-0.3, -0.25) is 14.3 Å². The molecule has 198 valence electrons. The van der Waals surface area contributed by atoms with E-state index in [0.717, 1.165) is 11.3 Å². The molecule has 0 radical (unpaired) electrons. The van der Waals surface area contributed by atoms with Crippen LogP contribution in [0.25, 0.3) is 0 Å². The van der Waals surface area contributed by atoms with Gasteiger partial charge in [-0.1, -0.05) is 38.1 Å². The molecule has 4 aromatic rings. The molecule has 0 saturated carbocycles. The van der Waals surface area contributed by atoms with Crippen molar-refractivity contribution in [2.24, 2.45) is 10.2 Å². The second kappa shape index (κ2) is 12.4. The molecule has 0 atom stereocenters. The monoisotopic (exact) mass is 516 g/mol. The predicted molar refractivity (Wildman–Crippen MR) is 150 cm³/mol. The summed E-state index contributed by atoms with van der Waals surface area (Å²) in [5.74, 6) is 0.266. The van der Waals surface area contributed by atoms with E-state index in [-0.39, 0.29) is 23.5 Å². The van der Waals surface area contributed by atoms with Gasteiger partial charge in [0.15, 0.2) is 11.6 Å². The number of anilines is 4. The Morgan fingerprint density at radius 2 is 1.63 bits per heavy atom. The maximum Gasteiger partial charge on any atom is 0.351 e. The molecule has 11 nitrogen and oxygen atoms in total. The van der Waals surface area contributed by atoms with Gasteiger partial charge in [0, 0.05) is 23.5 Å². The largest absolute Gasteiger partial charge is 0.494 e. The highest BCUT2D eigenvalue weighted by molar-refractivity contribution is 5.63. The molecular formula is C27H32N8O3. The first-order chi connectivity index (χ1) is 18.3. The molecular weight excluding hydrogens is 484 g/mol. The molecule has 0 unspecified atom stereocenters. The summed E-state index contributed by atoms with van der Waals surface area (Å²) in [6, 6.07) is 14.6. The summed E-state index contributed by atoms with van der Waals surface area (Å²) >= 11 is 0. The molecule has 11 heteroatoms. The maximum absolute atomic E-state index is 12.8. The highest BCUT2D eigenvalue weighted by atomic mass is 16.3. The third kappa shape index (κ3) is 6.30. The Hall–Kier alpha value is -4.80. The van der Waals surface area contributed by atoms with Crippen LogP contribution in [0.15, 0.2) is 68.3 Å². The molecule has 2 aromatic heterocycles. The lowest BCUT2D eigenvalue weighted by molar-refractivity contribution is 0.406. The molecule has 0 spiro atoms. The van der Waals surface area contributed by atoms with E-state index in [1.54, 1.807) is 32.9 Å². The SMILES string of the molecule is CC.CCn1c(O)c(C)c(C)c(N=Nc2cc(Nc3nc(Nc4ccccc4)nc(=O)[nH]3)ccc2C)c1=O. The minimum absolute atomic E-state index is 0.0682. The fourth-order valence-electron chi connectivity index (χ4n) is 3.53. The van der Waals surface area contributed by atoms with Gasteiger partial charge < -0.3 is 15.7 Å². The van der Waals surface area contributed by atoms with E-state index in [2.05, 4.69) is 35.8 Å². The van der Waals surface area contributed by atoms with E-state index in [1.807, 2.05) is 57.2 Å². The second-order valence-electron chi connectivity index (χ2n) is 8.11. The van der Waals surface area contributed by atoms with Crippen molar-refractivity contribution in [2.45, 2.75) is 48.1 Å². The zero-order valence-corrected chi connectivity index (χ0v) is 22.3. The van der Waals surface area contributed by atoms with Gasteiger partial charge >= 0.3 is 5.69 Å². The number of aryl methyl sites for hydroxylation is 1. The molecule has 2 heterocycles. The fraction of sp³-hybridized carbons (Fsp3) is 0.259. The number of aromatic nitrogens is 4. The zero-order chi connectivity index (χ0) is 27.8. The molecule has 0 aliphatic carbocycles. The summed E-state index contributed by atoms with van der Waals surface area (Å²) < 4.78 is 1.26. The van der Waals surface area contributed by atoms with Gasteiger partial charge in [-0.15, -0.1) is 5.11 Å². The van der Waals surface area contributed by atoms with Crippen molar-refractivity contribution in [2.75, 3.05) is 10.6 Å². The van der Waals surface area contributed by atoms with Crippen LogP contribution in [0, 0.1) is 20.8 Å². The first-order valence-corrected chi connectivity index (χ1v) is 12.3. The van der Waals surface area contributed by atoms with Crippen LogP contribution in [0.3, 0.4) is 0 Å². The number of aromatic hydroxyl groups is 1. The van der Waals surface area contributed by atoms with Crippen LogP contribution >= 0.6 is 0 Å². The van der Waals surface area contributed by atoms with E-state index < -0.39 is 11.2 Å². The van der Waals surface area contributed by atoms with Crippen molar-refractivity contribution >= 4 is 34.6 Å². The van der Waals surface area contributed by atoms with Crippen LogP contribution < -0.4 is 21.9 Å². The quantitative estimate of drug-likeness (QED) is 0.223. The van der Waals surface area contributed by atoms with Gasteiger partial charge in [0.1, 0.15) is 0 Å². The lowest BCUT2D eigenvalue weighted by Gasteiger charge is -2.12. The van der Waals surface area contributed by atoms with Gasteiger partial charge in [-0.25, -0.2) is 4.79 Å². The van der Waals surface area contributed by atoms with Crippen LogP contribution in [-0.2, 0) is 6.54 Å². The lowest BCUT2D eigenvalue weighted by Crippen LogP contribution is -2.20. The minimum atomic E-state index is -0.566. The average Bonchev–Trinajstić information content (AvgIpc) is 2.91. The maximum atomic E-state index is 12.8. The van der Waals surface area contributed by atoms with E-state index in [1.165, 1.54) is 4.57 Å². The number of H-pyrrole nitrogens is 1. The number of azo groups is 1. The van der Waals surface area contributed by atoms with Crippen molar-refractivity contribution < 1.29 is 5.11 Å². The summed E-state index contributed by atoms with van der Waals surface area (Å²) in [4.78, 5) is 35.6. The first-order valence-electron chi connectivity index (χ1n) is 12.3. The van der Waals surface area contributed by atoms with Crippen molar-refractivity contribution in [3.05, 3.63) is 86.1 Å². The third-order valence-electron chi connectivity index (χ3n) is 5.68. The van der Waals surface area contributed by atoms with Crippen LogP contribution in [-0.4, -0.2) is 24.6 Å². The van der Waals surface area contributed by atoms with Gasteiger partial charge in [-0.05, 0) is 63.1 Å². The Kier molecular flexibility index (Phi) is 9.09. The summed E-state index contributed by atoms with van der Waals surface area (Å²) in [5.41, 5.74) is 3.02. The van der Waals surface area contributed by atoms with E-state index in [0.29, 0.717) is 29.0 Å². The highest BCUT2D eigenvalue weighted by Crippen LogP contribution is 2.29. The Bertz CT molecular complexity index is 1560. The number of rotatable bonds is 7. The standard InChI is InChI=1S/C25H26N8O3.C2H6/c1-5-33-21(34)16(4)15(3)20(22(33)35)32-31-19-13-18(12-11-14(19)2)27-24-28-23(29-25(36)30-24)26-17-9-7-6-8-10-17;1-2/h6-13,34H,5H2,1-4H3,(H3,26,27,28,29,30,36);1-2H3. The number of nitrogens with one attached hydrogen (secondary N) is 3. The van der Waals surface area contributed by atoms with Crippen molar-refractivity contribution in [1.29, 1.82) is 0 Å². The lowest BCUT2D eigenvalue weighted by atomic mass is 10.1. The minimum Gasteiger partial charge on any atom is -0.494 e. The molecule has 0 amide bonds. The molecule has 4 rings (SSSR count). The van der Waals surface area contributed by atoms with Gasteiger partial charge in [0.05, 0.1) is 5.69 Å². The summed E-state index contributed by atoms with van der Waals surface area (Å²) in [7, 11) is 0. The number of pyridine rings is 1. The molecule has 2 aromatic carbocycles. The Morgan fingerprint density at radius 3 is 2.32 bits per heavy atom. The number of para-hydroxylation sites is 1. The van der Waals surface area contributed by atoms with Crippen molar-refractivity contribution in [3.63, 3.8) is 0 Å². The van der Waals surface area contributed by atoms with E-state index in [4.69, 9.17) is 0 Å². The number of benzene rings is 2. The molecule has 0 bridgehead atoms. The average molecular weight is 517 g/mol. The number of hydrogen-bond acceptors (Lipinski definition) is 9. The molecule has 0 fully saturated rings. The van der Waals surface area contributed by atoms with Gasteiger partial charge in [-0.2, -0.15) is 15.1 Å². The Morgan fingerprint density at radius 1 is 0.921 bits per heavy atom. The third-order valence-corrected chi connectivity index (χ3v) is 5.68. The normalized spacial score (nSPS) is 10.7. The Balaban J connectivity index is 0.00000195. The Labute approximate surface area is 220 Å². The van der Waals surface area contributed by atoms with Crippen LogP contribution in [0.5, 0.6) is 5.88 Å². The van der Waals surface area contributed by atoms with Gasteiger partial charge in [0.2, 0.25) is 11.9 Å². The topological polar surface area (TPSA) is 150 Å². The molecule has 0 saturated heterocycles. The van der Waals surface area contributed by atoms with E-state index in [9.17, 15) is 14.7 Å². The van der Waals surface area contributed by atoms with E-state index >= 15 is 0 Å². The van der Waals surface area contributed by atoms with Crippen molar-refractivity contribution in [3.8, 4) is 5.88 Å². The van der Waals surface area contributed by atoms with Gasteiger partial charge in [0.25, 0.3) is 5.56 Å². The zero-order valence-electron chi connectivity index (χ0n) is 22.3. The fourth-order valence-corrected chi connectivity index (χ4v) is 3.53. The summed E-state index contributed by atoms with van der Waals surface area (Å²) in [6.07, 6.45) is 0. The van der Waals surface area contributed by atoms with Crippen LogP contribution in [0.2, 0.25) is 0 Å². The van der Waals surface area contributed by atoms with Crippen LogP contribution in [0.4, 0.5) is 34.6 Å². The molecule has 4 N–H and O–H groups in total. The predicted octanol–water partition coefficient (Wildman–Crippen LogP) is 5.91. The van der Waals surface area contributed by atoms with Crippen molar-refractivity contribution in [1.82, 2.24) is 19.5 Å². The van der Waals surface area contributed by atoms with Crippen LogP contribution in [0.1, 0.15) is 37.5 Å². The summed E-state index contributed by atoms with van der Waals surface area (Å²) in [5, 5.41) is 24.8. The number of hydrogen-bond donors (Lipinski definition) is 4. The molecule has 0 aliphatic rings. The second-order valence-corrected chi connectivity index (χ2v) is 8.11. The number of nitrogens with zero attached hydrogens (tertiary/aromatic N) is 5. The first kappa shape index (κ1) is 27.8. The smallest absolute Gasteiger partial charge is 0.351 e. The molecule has 0 aliphatic heterocycles. The highest BCUT2D eigenvalue weighted by Gasteiger charge is 2.15. The molecule has 38 heavy (non-hydrogen) atoms. The summed E-state index contributed by atoms with van der Waals surface area (Å²) in [6.45, 7) is 11.4.